The van der Waals surface area contributed by atoms with Crippen molar-refractivity contribution >= 4 is 34.7 Å². The zero-order valence-electron chi connectivity index (χ0n) is 10.2. The van der Waals surface area contributed by atoms with Gasteiger partial charge in [0.2, 0.25) is 0 Å². The molecule has 0 atom stereocenters. The van der Waals surface area contributed by atoms with E-state index in [0.717, 1.165) is 3.57 Å². The lowest BCUT2D eigenvalue weighted by molar-refractivity contribution is -0.132. The predicted octanol–water partition coefficient (Wildman–Crippen LogP) is 2.80. The summed E-state index contributed by atoms with van der Waals surface area (Å²) in [7, 11) is 0. The molecule has 19 heavy (non-hydrogen) atoms. The third-order valence-corrected chi connectivity index (χ3v) is 2.90. The lowest BCUT2D eigenvalue weighted by Gasteiger charge is -2.06. The van der Waals surface area contributed by atoms with Crippen molar-refractivity contribution in [1.29, 1.82) is 0 Å². The number of carbonyl (C=O) groups is 2. The van der Waals surface area contributed by atoms with Crippen molar-refractivity contribution in [2.45, 2.75) is 12.8 Å². The molecule has 0 aliphatic rings. The van der Waals surface area contributed by atoms with E-state index in [1.54, 1.807) is 18.2 Å². The summed E-state index contributed by atoms with van der Waals surface area (Å²) in [5.41, 5.74) is 0.132. The van der Waals surface area contributed by atoms with E-state index in [4.69, 9.17) is 9.84 Å². The Hall–Kier alpha value is -1.57. The number of hydrogen-bond donors (Lipinski definition) is 2. The van der Waals surface area contributed by atoms with Crippen LogP contribution in [0.25, 0.3) is 0 Å². The van der Waals surface area contributed by atoms with E-state index < -0.39 is 12.1 Å². The van der Waals surface area contributed by atoms with Crippen LogP contribution in [0, 0.1) is 3.57 Å². The van der Waals surface area contributed by atoms with Gasteiger partial charge in [-0.15, -0.1) is 0 Å². The Morgan fingerprint density at radius 1 is 1.42 bits per heavy atom. The fraction of sp³-hybridized carbons (Fsp3) is 0.231. The summed E-state index contributed by atoms with van der Waals surface area (Å²) in [6.07, 6.45) is 0.286. The monoisotopic (exact) mass is 375 g/mol. The van der Waals surface area contributed by atoms with Crippen LogP contribution in [0.4, 0.5) is 4.79 Å². The van der Waals surface area contributed by atoms with Gasteiger partial charge in [-0.05, 0) is 53.6 Å². The fourth-order valence-corrected chi connectivity index (χ4v) is 1.79. The smallest absolute Gasteiger partial charge is 0.412 e. The van der Waals surface area contributed by atoms with Crippen molar-refractivity contribution in [3.63, 3.8) is 0 Å². The number of carboxylic acids is 1. The number of aliphatic carboxylic acids is 1. The summed E-state index contributed by atoms with van der Waals surface area (Å²) < 4.78 is 6.03. The first-order valence-electron chi connectivity index (χ1n) is 5.61. The van der Waals surface area contributed by atoms with Crippen LogP contribution in [-0.2, 0) is 4.79 Å². The summed E-state index contributed by atoms with van der Waals surface area (Å²) in [5.74, 6) is -0.541. The first-order chi connectivity index (χ1) is 8.99. The van der Waals surface area contributed by atoms with Gasteiger partial charge in [0.1, 0.15) is 5.75 Å². The Bertz CT molecular complexity index is 487. The van der Waals surface area contributed by atoms with Gasteiger partial charge in [0.15, 0.2) is 0 Å². The number of carboxylic acid groups (broad SMARTS) is 1. The van der Waals surface area contributed by atoms with Crippen LogP contribution in [0.2, 0.25) is 0 Å². The minimum absolute atomic E-state index is 0.132. The van der Waals surface area contributed by atoms with Gasteiger partial charge < -0.3 is 15.2 Å². The highest BCUT2D eigenvalue weighted by atomic mass is 127. The average molecular weight is 375 g/mol. The zero-order valence-corrected chi connectivity index (χ0v) is 12.3. The van der Waals surface area contributed by atoms with Crippen molar-refractivity contribution in [3.8, 4) is 5.75 Å². The van der Waals surface area contributed by atoms with Crippen LogP contribution in [0.5, 0.6) is 5.75 Å². The molecule has 0 heterocycles. The molecule has 1 amide bonds. The number of halogens is 1. The normalized spacial score (nSPS) is 9.74. The molecule has 1 aromatic rings. The average Bonchev–Trinajstić information content (AvgIpc) is 2.34. The second kappa shape index (κ2) is 7.78. The van der Waals surface area contributed by atoms with Gasteiger partial charge in [0.25, 0.3) is 0 Å². The first-order valence-corrected chi connectivity index (χ1v) is 6.69. The number of amides is 1. The Labute approximate surface area is 124 Å². The van der Waals surface area contributed by atoms with E-state index in [1.807, 2.05) is 6.07 Å². The summed E-state index contributed by atoms with van der Waals surface area (Å²) in [5, 5.41) is 11.1. The Morgan fingerprint density at radius 3 is 2.79 bits per heavy atom. The van der Waals surface area contributed by atoms with Gasteiger partial charge in [0.05, 0.1) is 0 Å². The van der Waals surface area contributed by atoms with E-state index in [1.165, 1.54) is 0 Å². The molecular formula is C13H14INO4. The van der Waals surface area contributed by atoms with Gasteiger partial charge in [0, 0.05) is 15.7 Å². The van der Waals surface area contributed by atoms with Crippen molar-refractivity contribution in [2.75, 3.05) is 6.54 Å². The first kappa shape index (κ1) is 15.5. The van der Waals surface area contributed by atoms with Crippen LogP contribution in [0.3, 0.4) is 0 Å². The number of carbonyl (C=O) groups excluding carboxylic acids is 1. The van der Waals surface area contributed by atoms with E-state index in [-0.39, 0.29) is 5.57 Å². The van der Waals surface area contributed by atoms with Gasteiger partial charge in [-0.25, -0.2) is 9.59 Å². The molecule has 102 valence electrons. The van der Waals surface area contributed by atoms with Gasteiger partial charge >= 0.3 is 12.1 Å². The topological polar surface area (TPSA) is 75.6 Å². The molecule has 0 aliphatic heterocycles. The van der Waals surface area contributed by atoms with Crippen LogP contribution in [-0.4, -0.2) is 23.7 Å². The third kappa shape index (κ3) is 6.23. The predicted molar refractivity (Wildman–Crippen MR) is 79.2 cm³/mol. The largest absolute Gasteiger partial charge is 0.478 e. The van der Waals surface area contributed by atoms with Crippen molar-refractivity contribution in [2.24, 2.45) is 0 Å². The zero-order chi connectivity index (χ0) is 14.3. The minimum Gasteiger partial charge on any atom is -0.478 e. The molecule has 0 bridgehead atoms. The van der Waals surface area contributed by atoms with E-state index in [0.29, 0.717) is 25.1 Å². The number of nitrogens with one attached hydrogen (secondary N) is 1. The lowest BCUT2D eigenvalue weighted by Crippen LogP contribution is -2.27. The van der Waals surface area contributed by atoms with Gasteiger partial charge in [-0.1, -0.05) is 12.6 Å². The maximum Gasteiger partial charge on any atom is 0.412 e. The van der Waals surface area contributed by atoms with E-state index in [2.05, 4.69) is 34.5 Å². The van der Waals surface area contributed by atoms with E-state index in [9.17, 15) is 9.59 Å². The number of benzene rings is 1. The number of hydrogen-bond acceptors (Lipinski definition) is 3. The Morgan fingerprint density at radius 2 is 2.16 bits per heavy atom. The molecule has 2 N–H and O–H groups in total. The molecule has 0 radical (unpaired) electrons. The van der Waals surface area contributed by atoms with Crippen LogP contribution in [0.15, 0.2) is 36.4 Å². The fourth-order valence-electron chi connectivity index (χ4n) is 1.27. The quantitative estimate of drug-likeness (QED) is 0.456. The highest BCUT2D eigenvalue weighted by Gasteiger charge is 2.06. The van der Waals surface area contributed by atoms with Crippen LogP contribution < -0.4 is 10.1 Å². The Kier molecular flexibility index (Phi) is 6.34. The van der Waals surface area contributed by atoms with Crippen LogP contribution >= 0.6 is 22.6 Å². The second-order valence-corrected chi connectivity index (χ2v) is 5.03. The van der Waals surface area contributed by atoms with Crippen molar-refractivity contribution in [3.05, 3.63) is 40.0 Å². The minimum atomic E-state index is -1.01. The summed E-state index contributed by atoms with van der Waals surface area (Å²) in [4.78, 5) is 21.9. The molecule has 6 heteroatoms. The van der Waals surface area contributed by atoms with Gasteiger partial charge in [-0.2, -0.15) is 0 Å². The lowest BCUT2D eigenvalue weighted by atomic mass is 10.2. The van der Waals surface area contributed by atoms with E-state index >= 15 is 0 Å². The molecule has 0 saturated carbocycles. The molecule has 0 spiro atoms. The third-order valence-electron chi connectivity index (χ3n) is 2.23. The molecule has 0 aliphatic carbocycles. The molecular weight excluding hydrogens is 361 g/mol. The molecule has 0 saturated heterocycles. The Balaban J connectivity index is 2.25. The summed E-state index contributed by atoms with van der Waals surface area (Å²) >= 11 is 2.12. The SMILES string of the molecule is C=C(CCCNC(=O)Oc1cccc(I)c1)C(=O)O. The summed E-state index contributed by atoms with van der Waals surface area (Å²) in [6, 6.07) is 7.12. The standard InChI is InChI=1S/C13H14INO4/c1-9(12(16)17)4-3-7-15-13(18)19-11-6-2-5-10(14)8-11/h2,5-6,8H,1,3-4,7H2,(H,15,18)(H,16,17). The van der Waals surface area contributed by atoms with Gasteiger partial charge in [-0.3, -0.25) is 0 Å². The molecule has 0 fully saturated rings. The molecule has 0 aromatic heterocycles. The molecule has 1 aromatic carbocycles. The van der Waals surface area contributed by atoms with Crippen molar-refractivity contribution < 1.29 is 19.4 Å². The molecule has 5 nitrogen and oxygen atoms in total. The highest BCUT2D eigenvalue weighted by molar-refractivity contribution is 14.1. The van der Waals surface area contributed by atoms with Crippen LogP contribution in [0.1, 0.15) is 12.8 Å². The molecule has 1 rings (SSSR count). The maximum absolute atomic E-state index is 11.4. The second-order valence-electron chi connectivity index (χ2n) is 3.79. The van der Waals surface area contributed by atoms with Crippen molar-refractivity contribution in [1.82, 2.24) is 5.32 Å². The molecule has 0 unspecified atom stereocenters. The maximum atomic E-state index is 11.4. The number of rotatable bonds is 6. The summed E-state index contributed by atoms with van der Waals surface area (Å²) in [6.45, 7) is 3.75. The number of ether oxygens (including phenoxy) is 1. The highest BCUT2D eigenvalue weighted by Crippen LogP contribution is 2.14.